The molecule has 1 spiro atoms. The number of nitrogens with zero attached hydrogens (tertiary/aromatic N) is 3. The summed E-state index contributed by atoms with van der Waals surface area (Å²) in [6.07, 6.45) is 7.98. The van der Waals surface area contributed by atoms with Gasteiger partial charge in [0.05, 0.1) is 33.8 Å². The molecule has 2 aromatic carbocycles. The number of benzene rings is 2. The number of hydrogen-bond acceptors (Lipinski definition) is 7. The highest BCUT2D eigenvalue weighted by molar-refractivity contribution is 6.30. The Kier molecular flexibility index (Phi) is 9.28. The zero-order valence-corrected chi connectivity index (χ0v) is 28.6. The van der Waals surface area contributed by atoms with E-state index in [9.17, 15) is 19.6 Å². The molecular formula is C39H45N5O4. The van der Waals surface area contributed by atoms with Gasteiger partial charge < -0.3 is 20.3 Å². The molecule has 0 radical (unpaired) electrons. The summed E-state index contributed by atoms with van der Waals surface area (Å²) in [5.41, 5.74) is 3.94. The maximum atomic E-state index is 14.3. The Balaban J connectivity index is 1.39. The Morgan fingerprint density at radius 1 is 1.08 bits per heavy atom. The van der Waals surface area contributed by atoms with E-state index in [2.05, 4.69) is 35.5 Å². The predicted octanol–water partition coefficient (Wildman–Crippen LogP) is 6.79. The van der Waals surface area contributed by atoms with Gasteiger partial charge in [0.25, 0.3) is 5.91 Å². The molecule has 2 fully saturated rings. The van der Waals surface area contributed by atoms with Gasteiger partial charge in [-0.3, -0.25) is 14.4 Å². The molecule has 2 aliphatic heterocycles. The fourth-order valence-corrected chi connectivity index (χ4v) is 7.90. The first-order valence-electron chi connectivity index (χ1n) is 17.3. The van der Waals surface area contributed by atoms with Crippen LogP contribution in [-0.4, -0.2) is 41.5 Å². The molecule has 0 bridgehead atoms. The molecule has 0 aromatic heterocycles. The number of fused-ring (bicyclic) bond motifs is 1. The van der Waals surface area contributed by atoms with Gasteiger partial charge in [0, 0.05) is 23.3 Å². The normalized spacial score (nSPS) is 23.4. The number of aryl methyl sites for hydroxylation is 2. The van der Waals surface area contributed by atoms with Crippen LogP contribution in [0.1, 0.15) is 95.2 Å². The Hall–Kier alpha value is -4.71. The molecule has 2 aromatic rings. The van der Waals surface area contributed by atoms with Crippen LogP contribution in [0.3, 0.4) is 0 Å². The minimum absolute atomic E-state index is 0.0511. The van der Waals surface area contributed by atoms with Crippen molar-refractivity contribution in [3.05, 3.63) is 76.1 Å². The van der Waals surface area contributed by atoms with Crippen molar-refractivity contribution in [2.24, 2.45) is 10.4 Å². The Bertz CT molecular complexity index is 1780. The lowest BCUT2D eigenvalue weighted by atomic mass is 9.71. The van der Waals surface area contributed by atoms with Crippen LogP contribution in [-0.2, 0) is 14.4 Å². The first-order valence-corrected chi connectivity index (χ1v) is 17.3. The van der Waals surface area contributed by atoms with E-state index in [1.165, 1.54) is 6.08 Å². The number of hydrogen-bond donors (Lipinski definition) is 2. The molecule has 2 aliphatic carbocycles. The quantitative estimate of drug-likeness (QED) is 0.319. The smallest absolute Gasteiger partial charge is 0.265 e. The second-order valence-electron chi connectivity index (χ2n) is 13.9. The lowest BCUT2D eigenvalue weighted by Gasteiger charge is -2.29. The molecule has 2 amide bonds. The third-order valence-corrected chi connectivity index (χ3v) is 10.5. The van der Waals surface area contributed by atoms with Gasteiger partial charge in [-0.25, -0.2) is 4.99 Å². The number of amides is 2. The largest absolute Gasteiger partial charge is 0.480 e. The second-order valence-corrected chi connectivity index (χ2v) is 13.9. The molecule has 3 atom stereocenters. The fourth-order valence-electron chi connectivity index (χ4n) is 7.90. The van der Waals surface area contributed by atoms with Crippen LogP contribution in [0, 0.1) is 30.6 Å². The van der Waals surface area contributed by atoms with E-state index in [-0.39, 0.29) is 17.4 Å². The maximum absolute atomic E-state index is 14.3. The van der Waals surface area contributed by atoms with Gasteiger partial charge in [0.1, 0.15) is 11.8 Å². The SMILES string of the molecule is CCC(Oc1ccc(C)cc1C)C(=O)NC1=CC(=Nc2ccc(N3C(C)CCC3C)cc2C#N)C2=C(C1=O)C1(CCCCCC1)C(=O)N2. The summed E-state index contributed by atoms with van der Waals surface area (Å²) in [6, 6.07) is 14.5. The van der Waals surface area contributed by atoms with E-state index in [4.69, 9.17) is 9.73 Å². The van der Waals surface area contributed by atoms with E-state index >= 15 is 0 Å². The summed E-state index contributed by atoms with van der Waals surface area (Å²) >= 11 is 0. The number of nitrogens with one attached hydrogen (secondary N) is 2. The minimum atomic E-state index is -0.989. The molecule has 3 unspecified atom stereocenters. The molecule has 250 valence electrons. The van der Waals surface area contributed by atoms with Gasteiger partial charge in [-0.2, -0.15) is 5.26 Å². The van der Waals surface area contributed by atoms with Crippen LogP contribution in [0.25, 0.3) is 0 Å². The number of Topliss-reactive ketones (excluding diaryl/α,β-unsaturated/α-hetero) is 1. The lowest BCUT2D eigenvalue weighted by Crippen LogP contribution is -2.42. The maximum Gasteiger partial charge on any atom is 0.265 e. The third kappa shape index (κ3) is 6.05. The monoisotopic (exact) mass is 647 g/mol. The van der Waals surface area contributed by atoms with Crippen molar-refractivity contribution in [3.8, 4) is 11.8 Å². The number of anilines is 1. The predicted molar refractivity (Wildman–Crippen MR) is 186 cm³/mol. The number of ketones is 1. The van der Waals surface area contributed by atoms with E-state index in [1.807, 2.05) is 57.2 Å². The summed E-state index contributed by atoms with van der Waals surface area (Å²) in [7, 11) is 0. The van der Waals surface area contributed by atoms with Gasteiger partial charge in [0.2, 0.25) is 11.7 Å². The summed E-state index contributed by atoms with van der Waals surface area (Å²) < 4.78 is 6.14. The van der Waals surface area contributed by atoms with Crippen molar-refractivity contribution in [1.29, 1.82) is 5.26 Å². The highest BCUT2D eigenvalue weighted by atomic mass is 16.5. The van der Waals surface area contributed by atoms with Crippen LogP contribution in [0.15, 0.2) is 64.4 Å². The zero-order valence-electron chi connectivity index (χ0n) is 28.6. The van der Waals surface area contributed by atoms with Gasteiger partial charge in [0.15, 0.2) is 6.10 Å². The summed E-state index contributed by atoms with van der Waals surface area (Å²) in [6.45, 7) is 10.2. The number of rotatable bonds is 7. The van der Waals surface area contributed by atoms with Crippen molar-refractivity contribution >= 4 is 34.7 Å². The molecule has 4 aliphatic rings. The van der Waals surface area contributed by atoms with Gasteiger partial charge in [-0.1, -0.05) is 50.3 Å². The number of ether oxygens (including phenoxy) is 1. The molecule has 9 heteroatoms. The van der Waals surface area contributed by atoms with E-state index in [0.29, 0.717) is 65.3 Å². The topological polar surface area (TPSA) is 124 Å². The Labute approximate surface area is 283 Å². The van der Waals surface area contributed by atoms with E-state index < -0.39 is 17.4 Å². The molecule has 1 saturated carbocycles. The van der Waals surface area contributed by atoms with Gasteiger partial charge >= 0.3 is 0 Å². The van der Waals surface area contributed by atoms with E-state index in [0.717, 1.165) is 55.3 Å². The summed E-state index contributed by atoms with van der Waals surface area (Å²) in [4.78, 5) is 49.1. The lowest BCUT2D eigenvalue weighted by molar-refractivity contribution is -0.129. The van der Waals surface area contributed by atoms with Crippen LogP contribution in [0.2, 0.25) is 0 Å². The molecule has 6 rings (SSSR count). The van der Waals surface area contributed by atoms with Gasteiger partial charge in [-0.05, 0) is 95.7 Å². The molecule has 1 saturated heterocycles. The highest BCUT2D eigenvalue weighted by Crippen LogP contribution is 2.48. The first kappa shape index (κ1) is 33.2. The van der Waals surface area contributed by atoms with Crippen molar-refractivity contribution in [1.82, 2.24) is 10.6 Å². The molecule has 2 heterocycles. The molecule has 48 heavy (non-hydrogen) atoms. The summed E-state index contributed by atoms with van der Waals surface area (Å²) in [5, 5.41) is 16.1. The molecule has 9 nitrogen and oxygen atoms in total. The van der Waals surface area contributed by atoms with Crippen LogP contribution < -0.4 is 20.3 Å². The van der Waals surface area contributed by atoms with Crippen molar-refractivity contribution in [2.75, 3.05) is 4.90 Å². The standard InChI is InChI=1S/C39H45N5O4/c1-6-32(48-33-16-11-23(2)19-24(33)3)37(46)42-31-21-30(35-34(36(31)45)39(38(47)43-35)17-9-7-8-10-18-39)41-29-15-14-28(20-27(29)22-40)44-25(4)12-13-26(44)5/h11,14-16,19-21,25-26,32H,6-10,12-13,17-18H2,1-5H3,(H,42,46)(H,43,47). The van der Waals surface area contributed by atoms with E-state index in [1.54, 1.807) is 0 Å². The first-order chi connectivity index (χ1) is 23.1. The Morgan fingerprint density at radius 2 is 1.79 bits per heavy atom. The number of carbonyl (C=O) groups excluding carboxylic acids is 3. The second kappa shape index (κ2) is 13.4. The highest BCUT2D eigenvalue weighted by Gasteiger charge is 2.53. The van der Waals surface area contributed by atoms with Gasteiger partial charge in [-0.15, -0.1) is 0 Å². The Morgan fingerprint density at radius 3 is 2.44 bits per heavy atom. The molecule has 2 N–H and O–H groups in total. The fraction of sp³-hybridized carbons (Fsp3) is 0.462. The van der Waals surface area contributed by atoms with Crippen LogP contribution in [0.5, 0.6) is 5.75 Å². The number of nitriles is 1. The van der Waals surface area contributed by atoms with Crippen LogP contribution in [0.4, 0.5) is 11.4 Å². The average Bonchev–Trinajstić information content (AvgIpc) is 3.41. The average molecular weight is 648 g/mol. The van der Waals surface area contributed by atoms with Crippen molar-refractivity contribution < 1.29 is 19.1 Å². The van der Waals surface area contributed by atoms with Crippen LogP contribution >= 0.6 is 0 Å². The van der Waals surface area contributed by atoms with Crippen molar-refractivity contribution in [2.45, 2.75) is 111 Å². The third-order valence-electron chi connectivity index (χ3n) is 10.5. The number of aliphatic imine (C=N–C) groups is 1. The zero-order chi connectivity index (χ0) is 34.2. The number of allylic oxidation sites excluding steroid dienone is 2. The summed E-state index contributed by atoms with van der Waals surface area (Å²) in [5.74, 6) is -0.434. The molecular weight excluding hydrogens is 602 g/mol. The van der Waals surface area contributed by atoms with Crippen molar-refractivity contribution in [3.63, 3.8) is 0 Å². The minimum Gasteiger partial charge on any atom is -0.480 e. The number of carbonyl (C=O) groups is 3.